The number of fused-ring (bicyclic) bond motifs is 1. The van der Waals surface area contributed by atoms with Crippen LogP contribution in [0.5, 0.6) is 0 Å². The summed E-state index contributed by atoms with van der Waals surface area (Å²) in [4.78, 5) is 17.4. The second-order valence-electron chi connectivity index (χ2n) is 5.46. The van der Waals surface area contributed by atoms with E-state index in [4.69, 9.17) is 0 Å². The lowest BCUT2D eigenvalue weighted by atomic mass is 10.1. The first-order chi connectivity index (χ1) is 9.92. The number of aromatic nitrogens is 1. The van der Waals surface area contributed by atoms with Gasteiger partial charge in [-0.2, -0.15) is 0 Å². The Morgan fingerprint density at radius 3 is 2.76 bits per heavy atom. The van der Waals surface area contributed by atoms with Crippen molar-refractivity contribution >= 4 is 16.8 Å². The van der Waals surface area contributed by atoms with Crippen molar-refractivity contribution in [2.24, 2.45) is 0 Å². The Balaban J connectivity index is 2.30. The zero-order valence-electron chi connectivity index (χ0n) is 12.8. The van der Waals surface area contributed by atoms with Crippen molar-refractivity contribution in [2.75, 3.05) is 13.1 Å². The number of nitrogens with one attached hydrogen (secondary N) is 1. The fraction of sp³-hybridized carbons (Fsp3) is 0.353. The third-order valence-corrected chi connectivity index (χ3v) is 3.60. The van der Waals surface area contributed by atoms with E-state index in [-0.39, 0.29) is 18.1 Å². The molecule has 21 heavy (non-hydrogen) atoms. The molecule has 0 bridgehead atoms. The summed E-state index contributed by atoms with van der Waals surface area (Å²) in [5, 5.41) is 0.784. The normalized spacial score (nSPS) is 10.9. The number of H-pyrrole nitrogens is 1. The molecule has 2 aromatic rings. The number of amides is 1. The minimum absolute atomic E-state index is 0.0359. The van der Waals surface area contributed by atoms with E-state index in [2.05, 4.69) is 11.6 Å². The summed E-state index contributed by atoms with van der Waals surface area (Å²) in [7, 11) is 0. The van der Waals surface area contributed by atoms with Crippen molar-refractivity contribution in [3.05, 3.63) is 47.4 Å². The van der Waals surface area contributed by atoms with Crippen molar-refractivity contribution in [1.82, 2.24) is 9.88 Å². The number of likely N-dealkylation sites (N-methyl/N-ethyl adjacent to an activating group) is 1. The standard InChI is InChI=1S/C17H21FN2O/c1-5-20(10-11(2)3)17(21)9-14-12(4)19-16-7-6-13(18)8-15(14)16/h6-8,19H,2,5,9-10H2,1,3-4H3. The van der Waals surface area contributed by atoms with Crippen LogP contribution in [0.1, 0.15) is 25.1 Å². The van der Waals surface area contributed by atoms with E-state index in [0.29, 0.717) is 13.1 Å². The number of hydrogen-bond acceptors (Lipinski definition) is 1. The molecule has 4 heteroatoms. The van der Waals surface area contributed by atoms with Crippen LogP contribution in [0.25, 0.3) is 10.9 Å². The van der Waals surface area contributed by atoms with E-state index < -0.39 is 0 Å². The lowest BCUT2D eigenvalue weighted by Gasteiger charge is -2.21. The van der Waals surface area contributed by atoms with Crippen molar-refractivity contribution in [1.29, 1.82) is 0 Å². The Morgan fingerprint density at radius 1 is 1.43 bits per heavy atom. The highest BCUT2D eigenvalue weighted by Gasteiger charge is 2.17. The summed E-state index contributed by atoms with van der Waals surface area (Å²) in [6.45, 7) is 10.8. The third-order valence-electron chi connectivity index (χ3n) is 3.60. The first kappa shape index (κ1) is 15.3. The number of aryl methyl sites for hydroxylation is 1. The Hall–Kier alpha value is -2.10. The van der Waals surface area contributed by atoms with Gasteiger partial charge in [0.15, 0.2) is 0 Å². The molecular formula is C17H21FN2O. The predicted octanol–water partition coefficient (Wildman–Crippen LogP) is 3.58. The Morgan fingerprint density at radius 2 is 2.14 bits per heavy atom. The Kier molecular flexibility index (Phi) is 4.46. The molecule has 0 aliphatic heterocycles. The van der Waals surface area contributed by atoms with E-state index in [0.717, 1.165) is 27.7 Å². The summed E-state index contributed by atoms with van der Waals surface area (Å²) in [6, 6.07) is 4.61. The predicted molar refractivity (Wildman–Crippen MR) is 83.8 cm³/mol. The van der Waals surface area contributed by atoms with Gasteiger partial charge in [-0.15, -0.1) is 0 Å². The first-order valence-electron chi connectivity index (χ1n) is 7.11. The second kappa shape index (κ2) is 6.12. The van der Waals surface area contributed by atoms with Crippen LogP contribution >= 0.6 is 0 Å². The quantitative estimate of drug-likeness (QED) is 0.839. The molecule has 1 N–H and O–H groups in total. The molecule has 0 radical (unpaired) electrons. The van der Waals surface area contributed by atoms with Crippen molar-refractivity contribution < 1.29 is 9.18 Å². The van der Waals surface area contributed by atoms with Crippen molar-refractivity contribution in [3.8, 4) is 0 Å². The fourth-order valence-electron chi connectivity index (χ4n) is 2.55. The number of rotatable bonds is 5. The average molecular weight is 288 g/mol. The number of hydrogen-bond donors (Lipinski definition) is 1. The number of aromatic amines is 1. The first-order valence-corrected chi connectivity index (χ1v) is 7.11. The molecule has 1 aromatic carbocycles. The van der Waals surface area contributed by atoms with Crippen LogP contribution in [0.4, 0.5) is 4.39 Å². The SMILES string of the molecule is C=C(C)CN(CC)C(=O)Cc1c(C)[nH]c2ccc(F)cc12. The van der Waals surface area contributed by atoms with Gasteiger partial charge < -0.3 is 9.88 Å². The maximum Gasteiger partial charge on any atom is 0.227 e. The molecule has 0 fully saturated rings. The van der Waals surface area contributed by atoms with Crippen LogP contribution in [-0.4, -0.2) is 28.9 Å². The molecule has 0 atom stereocenters. The Bertz CT molecular complexity index is 687. The molecule has 0 saturated heterocycles. The molecule has 1 amide bonds. The number of carbonyl (C=O) groups is 1. The van der Waals surface area contributed by atoms with E-state index in [1.165, 1.54) is 12.1 Å². The molecular weight excluding hydrogens is 267 g/mol. The molecule has 1 aromatic heterocycles. The van der Waals surface area contributed by atoms with Gasteiger partial charge in [0.1, 0.15) is 5.82 Å². The highest BCUT2D eigenvalue weighted by Crippen LogP contribution is 2.24. The molecule has 2 rings (SSSR count). The third kappa shape index (κ3) is 3.32. The number of carbonyl (C=O) groups excluding carboxylic acids is 1. The minimum Gasteiger partial charge on any atom is -0.358 e. The fourth-order valence-corrected chi connectivity index (χ4v) is 2.55. The van der Waals surface area contributed by atoms with Crippen LogP contribution in [0.3, 0.4) is 0 Å². The van der Waals surface area contributed by atoms with Gasteiger partial charge in [0.25, 0.3) is 0 Å². The van der Waals surface area contributed by atoms with Gasteiger partial charge in [0.05, 0.1) is 6.42 Å². The highest BCUT2D eigenvalue weighted by molar-refractivity contribution is 5.90. The molecule has 0 spiro atoms. The summed E-state index contributed by atoms with van der Waals surface area (Å²) in [5.74, 6) is -0.252. The van der Waals surface area contributed by atoms with Crippen LogP contribution < -0.4 is 0 Å². The van der Waals surface area contributed by atoms with Gasteiger partial charge in [-0.25, -0.2) is 4.39 Å². The molecule has 0 unspecified atom stereocenters. The van der Waals surface area contributed by atoms with Gasteiger partial charge >= 0.3 is 0 Å². The highest BCUT2D eigenvalue weighted by atomic mass is 19.1. The lowest BCUT2D eigenvalue weighted by Crippen LogP contribution is -2.33. The van der Waals surface area contributed by atoms with Crippen LogP contribution in [0.15, 0.2) is 30.4 Å². The molecule has 0 aliphatic rings. The zero-order chi connectivity index (χ0) is 15.6. The molecule has 112 valence electrons. The van der Waals surface area contributed by atoms with Crippen LogP contribution in [0, 0.1) is 12.7 Å². The smallest absolute Gasteiger partial charge is 0.227 e. The topological polar surface area (TPSA) is 36.1 Å². The van der Waals surface area contributed by atoms with Gasteiger partial charge in [-0.3, -0.25) is 4.79 Å². The molecule has 1 heterocycles. The van der Waals surface area contributed by atoms with Crippen LogP contribution in [0.2, 0.25) is 0 Å². The van der Waals surface area contributed by atoms with E-state index in [9.17, 15) is 9.18 Å². The zero-order valence-corrected chi connectivity index (χ0v) is 12.8. The van der Waals surface area contributed by atoms with Gasteiger partial charge in [0, 0.05) is 29.7 Å². The second-order valence-corrected chi connectivity index (χ2v) is 5.46. The summed E-state index contributed by atoms with van der Waals surface area (Å²) in [5.41, 5.74) is 3.59. The molecule has 0 saturated carbocycles. The van der Waals surface area contributed by atoms with E-state index in [1.807, 2.05) is 20.8 Å². The van der Waals surface area contributed by atoms with E-state index in [1.54, 1.807) is 11.0 Å². The lowest BCUT2D eigenvalue weighted by molar-refractivity contribution is -0.129. The average Bonchev–Trinajstić information content (AvgIpc) is 2.72. The monoisotopic (exact) mass is 288 g/mol. The maximum absolute atomic E-state index is 13.4. The largest absolute Gasteiger partial charge is 0.358 e. The van der Waals surface area contributed by atoms with Gasteiger partial charge in [0.2, 0.25) is 5.91 Å². The van der Waals surface area contributed by atoms with Gasteiger partial charge in [-0.1, -0.05) is 12.2 Å². The maximum atomic E-state index is 13.4. The molecule has 3 nitrogen and oxygen atoms in total. The summed E-state index contributed by atoms with van der Waals surface area (Å²) < 4.78 is 13.4. The van der Waals surface area contributed by atoms with Crippen molar-refractivity contribution in [3.63, 3.8) is 0 Å². The minimum atomic E-state index is -0.288. The molecule has 0 aliphatic carbocycles. The van der Waals surface area contributed by atoms with E-state index >= 15 is 0 Å². The Labute approximate surface area is 124 Å². The number of nitrogens with zero attached hydrogens (tertiary/aromatic N) is 1. The van der Waals surface area contributed by atoms with Crippen LogP contribution in [-0.2, 0) is 11.2 Å². The summed E-state index contributed by atoms with van der Waals surface area (Å²) in [6.07, 6.45) is 0.274. The number of halogens is 1. The van der Waals surface area contributed by atoms with Crippen molar-refractivity contribution in [2.45, 2.75) is 27.2 Å². The number of benzene rings is 1. The summed E-state index contributed by atoms with van der Waals surface area (Å²) >= 11 is 0. The van der Waals surface area contributed by atoms with Gasteiger partial charge in [-0.05, 0) is 44.5 Å².